The molecule has 24 heavy (non-hydrogen) atoms. The van der Waals surface area contributed by atoms with E-state index in [-0.39, 0.29) is 23.6 Å². The van der Waals surface area contributed by atoms with E-state index in [1.54, 1.807) is 0 Å². The summed E-state index contributed by atoms with van der Waals surface area (Å²) >= 11 is 1.48. The van der Waals surface area contributed by atoms with Crippen molar-refractivity contribution < 1.29 is 14.5 Å². The molecule has 1 heterocycles. The number of aromatic nitrogens is 1. The highest BCUT2D eigenvalue weighted by Crippen LogP contribution is 2.29. The number of nitro benzene ring substituents is 1. The minimum Gasteiger partial charge on any atom is -0.480 e. The maximum atomic E-state index is 11.1. The van der Waals surface area contributed by atoms with Crippen LogP contribution in [0.3, 0.4) is 0 Å². The molecule has 0 aliphatic carbocycles. The summed E-state index contributed by atoms with van der Waals surface area (Å²) < 4.78 is 5.52. The highest BCUT2D eigenvalue weighted by molar-refractivity contribution is 7.13. The molecule has 0 spiro atoms. The molecule has 0 N–H and O–H groups in total. The zero-order chi connectivity index (χ0) is 16.9. The third kappa shape index (κ3) is 3.47. The van der Waals surface area contributed by atoms with Crippen molar-refractivity contribution >= 4 is 23.3 Å². The summed E-state index contributed by atoms with van der Waals surface area (Å²) in [7, 11) is 0. The number of carbonyl (C=O) groups excluding carboxylic acids is 1. The Balaban J connectivity index is 1.76. The quantitative estimate of drug-likeness (QED) is 0.383. The maximum Gasteiger partial charge on any atom is 0.311 e. The Labute approximate surface area is 141 Å². The molecule has 0 aliphatic rings. The van der Waals surface area contributed by atoms with Crippen LogP contribution in [0.15, 0.2) is 53.9 Å². The summed E-state index contributed by atoms with van der Waals surface area (Å²) in [6.07, 6.45) is 0.559. The van der Waals surface area contributed by atoms with Gasteiger partial charge in [-0.1, -0.05) is 30.3 Å². The van der Waals surface area contributed by atoms with E-state index in [2.05, 4.69) is 4.98 Å². The van der Waals surface area contributed by atoms with Crippen molar-refractivity contribution in [1.82, 2.24) is 4.98 Å². The van der Waals surface area contributed by atoms with E-state index in [1.165, 1.54) is 29.5 Å². The average molecular weight is 340 g/mol. The zero-order valence-corrected chi connectivity index (χ0v) is 13.2. The van der Waals surface area contributed by atoms with Gasteiger partial charge in [-0.05, 0) is 12.1 Å². The number of thiazole rings is 1. The molecular formula is C17H12N2O4S. The lowest BCUT2D eigenvalue weighted by Crippen LogP contribution is -2.00. The van der Waals surface area contributed by atoms with Crippen LogP contribution in [0.1, 0.15) is 16.1 Å². The van der Waals surface area contributed by atoms with Gasteiger partial charge in [0.1, 0.15) is 17.9 Å². The molecule has 0 fully saturated rings. The van der Waals surface area contributed by atoms with Gasteiger partial charge in [0.15, 0.2) is 5.75 Å². The molecule has 0 atom stereocenters. The van der Waals surface area contributed by atoms with E-state index in [9.17, 15) is 14.9 Å². The smallest absolute Gasteiger partial charge is 0.311 e. The van der Waals surface area contributed by atoms with Crippen LogP contribution in [0.25, 0.3) is 10.6 Å². The molecule has 0 saturated carbocycles. The topological polar surface area (TPSA) is 82.3 Å². The largest absolute Gasteiger partial charge is 0.480 e. The number of nitro groups is 1. The molecule has 6 nitrogen and oxygen atoms in total. The molecule has 120 valence electrons. The van der Waals surface area contributed by atoms with Gasteiger partial charge in [0.2, 0.25) is 0 Å². The van der Waals surface area contributed by atoms with Crippen LogP contribution in [0.4, 0.5) is 5.69 Å². The number of ether oxygens (including phenoxy) is 1. The van der Waals surface area contributed by atoms with E-state index in [0.29, 0.717) is 12.0 Å². The van der Waals surface area contributed by atoms with Gasteiger partial charge in [0.25, 0.3) is 0 Å². The van der Waals surface area contributed by atoms with Crippen molar-refractivity contribution in [3.63, 3.8) is 0 Å². The van der Waals surface area contributed by atoms with Crippen LogP contribution in [-0.4, -0.2) is 16.2 Å². The molecule has 2 aromatic carbocycles. The summed E-state index contributed by atoms with van der Waals surface area (Å²) in [5.41, 5.74) is 1.69. The van der Waals surface area contributed by atoms with Gasteiger partial charge in [-0.3, -0.25) is 14.9 Å². The van der Waals surface area contributed by atoms with Crippen molar-refractivity contribution in [1.29, 1.82) is 0 Å². The minimum atomic E-state index is -0.571. The van der Waals surface area contributed by atoms with Gasteiger partial charge in [-0.25, -0.2) is 4.98 Å². The first-order valence-corrected chi connectivity index (χ1v) is 7.91. The van der Waals surface area contributed by atoms with E-state index in [0.717, 1.165) is 10.6 Å². The summed E-state index contributed by atoms with van der Waals surface area (Å²) in [6.45, 7) is 0.116. The van der Waals surface area contributed by atoms with Crippen LogP contribution in [0.2, 0.25) is 0 Å². The van der Waals surface area contributed by atoms with Gasteiger partial charge in [0.05, 0.1) is 10.6 Å². The molecule has 0 aliphatic heterocycles. The molecule has 0 unspecified atom stereocenters. The molecule has 3 aromatic rings. The Morgan fingerprint density at radius 1 is 1.21 bits per heavy atom. The van der Waals surface area contributed by atoms with Crippen molar-refractivity contribution in [3.05, 3.63) is 75.3 Å². The standard InChI is InChI=1S/C17H12N2O4S/c20-9-12-6-7-16(15(8-12)19(21)22)23-10-14-11-24-17(18-14)13-4-2-1-3-5-13/h1-9,11H,10H2. The van der Waals surface area contributed by atoms with E-state index < -0.39 is 4.92 Å². The summed E-state index contributed by atoms with van der Waals surface area (Å²) in [5.74, 6) is 0.111. The van der Waals surface area contributed by atoms with Gasteiger partial charge in [0, 0.05) is 22.6 Å². The molecule has 0 amide bonds. The Morgan fingerprint density at radius 2 is 2.00 bits per heavy atom. The van der Waals surface area contributed by atoms with Gasteiger partial charge < -0.3 is 4.74 Å². The molecule has 0 saturated heterocycles. The lowest BCUT2D eigenvalue weighted by atomic mass is 10.2. The average Bonchev–Trinajstić information content (AvgIpc) is 3.09. The zero-order valence-electron chi connectivity index (χ0n) is 12.4. The van der Waals surface area contributed by atoms with Crippen LogP contribution < -0.4 is 4.74 Å². The number of aldehydes is 1. The normalized spacial score (nSPS) is 10.3. The molecule has 1 aromatic heterocycles. The van der Waals surface area contributed by atoms with Gasteiger partial charge in [-0.15, -0.1) is 11.3 Å². The van der Waals surface area contributed by atoms with Crippen molar-refractivity contribution in [2.24, 2.45) is 0 Å². The van der Waals surface area contributed by atoms with Crippen LogP contribution >= 0.6 is 11.3 Å². The fourth-order valence-corrected chi connectivity index (χ4v) is 2.92. The number of hydrogen-bond donors (Lipinski definition) is 0. The first kappa shape index (κ1) is 15.8. The fraction of sp³-hybridized carbons (Fsp3) is 0.0588. The molecular weight excluding hydrogens is 328 g/mol. The monoisotopic (exact) mass is 340 g/mol. The fourth-order valence-electron chi connectivity index (χ4n) is 2.11. The second-order valence-electron chi connectivity index (χ2n) is 4.90. The number of nitrogens with zero attached hydrogens (tertiary/aromatic N) is 2. The Hall–Kier alpha value is -3.06. The van der Waals surface area contributed by atoms with E-state index in [1.807, 2.05) is 35.7 Å². The highest BCUT2D eigenvalue weighted by atomic mass is 32.1. The Morgan fingerprint density at radius 3 is 2.71 bits per heavy atom. The first-order chi connectivity index (χ1) is 11.7. The summed E-state index contributed by atoms with van der Waals surface area (Å²) in [5, 5.41) is 13.8. The summed E-state index contributed by atoms with van der Waals surface area (Å²) in [4.78, 5) is 25.7. The first-order valence-electron chi connectivity index (χ1n) is 7.03. The predicted molar refractivity (Wildman–Crippen MR) is 90.4 cm³/mol. The second-order valence-corrected chi connectivity index (χ2v) is 5.76. The minimum absolute atomic E-state index is 0.111. The lowest BCUT2D eigenvalue weighted by Gasteiger charge is -2.05. The number of carbonyl (C=O) groups is 1. The third-order valence-electron chi connectivity index (χ3n) is 3.26. The summed E-state index contributed by atoms with van der Waals surface area (Å²) in [6, 6.07) is 13.8. The molecule has 0 radical (unpaired) electrons. The van der Waals surface area contributed by atoms with Crippen molar-refractivity contribution in [3.8, 4) is 16.3 Å². The second kappa shape index (κ2) is 7.01. The third-order valence-corrected chi connectivity index (χ3v) is 4.20. The number of rotatable bonds is 6. The number of benzene rings is 2. The van der Waals surface area contributed by atoms with Crippen molar-refractivity contribution in [2.75, 3.05) is 0 Å². The molecule has 7 heteroatoms. The molecule has 3 rings (SSSR count). The lowest BCUT2D eigenvalue weighted by molar-refractivity contribution is -0.386. The van der Waals surface area contributed by atoms with Crippen molar-refractivity contribution in [2.45, 2.75) is 6.61 Å². The van der Waals surface area contributed by atoms with Crippen LogP contribution in [0, 0.1) is 10.1 Å². The predicted octanol–water partition coefficient (Wildman–Crippen LogP) is 4.11. The number of hydrogen-bond acceptors (Lipinski definition) is 6. The van der Waals surface area contributed by atoms with Crippen LogP contribution in [0.5, 0.6) is 5.75 Å². The van der Waals surface area contributed by atoms with Gasteiger partial charge >= 0.3 is 5.69 Å². The van der Waals surface area contributed by atoms with E-state index >= 15 is 0 Å². The Bertz CT molecular complexity index is 877. The highest BCUT2D eigenvalue weighted by Gasteiger charge is 2.16. The van der Waals surface area contributed by atoms with E-state index in [4.69, 9.17) is 4.74 Å². The SMILES string of the molecule is O=Cc1ccc(OCc2csc(-c3ccccc3)n2)c([N+](=O)[O-])c1. The van der Waals surface area contributed by atoms with Gasteiger partial charge in [-0.2, -0.15) is 0 Å². The molecule has 0 bridgehead atoms. The van der Waals surface area contributed by atoms with Crippen LogP contribution in [-0.2, 0) is 6.61 Å². The maximum absolute atomic E-state index is 11.1. The Kier molecular flexibility index (Phi) is 4.62.